The second-order valence-electron chi connectivity index (χ2n) is 7.37. The summed E-state index contributed by atoms with van der Waals surface area (Å²) < 4.78 is 21.2. The molecular formula is C26H29NO6S. The van der Waals surface area contributed by atoms with E-state index in [4.69, 9.17) is 18.9 Å². The Morgan fingerprint density at radius 1 is 1.06 bits per heavy atom. The monoisotopic (exact) mass is 483 g/mol. The van der Waals surface area contributed by atoms with E-state index in [0.717, 1.165) is 27.5 Å². The Morgan fingerprint density at radius 3 is 2.47 bits per heavy atom. The van der Waals surface area contributed by atoms with E-state index < -0.39 is 6.10 Å². The van der Waals surface area contributed by atoms with Crippen molar-refractivity contribution >= 4 is 29.0 Å². The highest BCUT2D eigenvalue weighted by Crippen LogP contribution is 2.26. The number of aliphatic hydroxyl groups is 1. The van der Waals surface area contributed by atoms with Gasteiger partial charge in [-0.1, -0.05) is 24.3 Å². The van der Waals surface area contributed by atoms with Crippen molar-refractivity contribution in [1.29, 1.82) is 0 Å². The van der Waals surface area contributed by atoms with Crippen molar-refractivity contribution in [1.82, 2.24) is 5.32 Å². The van der Waals surface area contributed by atoms with Crippen LogP contribution in [-0.4, -0.2) is 51.7 Å². The van der Waals surface area contributed by atoms with E-state index in [1.165, 1.54) is 18.4 Å². The first kappa shape index (κ1) is 25.3. The lowest BCUT2D eigenvalue weighted by molar-refractivity contribution is -0.133. The average Bonchev–Trinajstić information content (AvgIpc) is 3.41. The molecule has 0 saturated heterocycles. The predicted molar refractivity (Wildman–Crippen MR) is 133 cm³/mol. The molecular weight excluding hydrogens is 454 g/mol. The standard InChI is InChI=1S/C26H29NO6S/c1-30-22-11-8-19(24(14-22)31-2)15-27-16-20(28)17-33-21-9-6-18(7-10-21)13-23(26(29)32-3)25-5-4-12-34-25/h4-14,20,27-28H,15-17H2,1-3H3. The first-order valence-corrected chi connectivity index (χ1v) is 11.6. The quantitative estimate of drug-likeness (QED) is 0.297. The number of carbonyl (C=O) groups is 1. The van der Waals surface area contributed by atoms with E-state index >= 15 is 0 Å². The fraction of sp³-hybridized carbons (Fsp3) is 0.269. The van der Waals surface area contributed by atoms with E-state index in [1.54, 1.807) is 32.4 Å². The summed E-state index contributed by atoms with van der Waals surface area (Å²) in [6.45, 7) is 1.04. The van der Waals surface area contributed by atoms with Crippen LogP contribution in [0.3, 0.4) is 0 Å². The minimum absolute atomic E-state index is 0.143. The third-order valence-corrected chi connectivity index (χ3v) is 5.92. The van der Waals surface area contributed by atoms with Gasteiger partial charge in [-0.2, -0.15) is 0 Å². The summed E-state index contributed by atoms with van der Waals surface area (Å²) in [5.74, 6) is 1.69. The molecule has 0 aliphatic rings. The highest BCUT2D eigenvalue weighted by atomic mass is 32.1. The molecule has 180 valence electrons. The van der Waals surface area contributed by atoms with Crippen LogP contribution in [0, 0.1) is 0 Å². The minimum atomic E-state index is -0.687. The van der Waals surface area contributed by atoms with Gasteiger partial charge in [-0.05, 0) is 41.3 Å². The van der Waals surface area contributed by atoms with E-state index in [9.17, 15) is 9.90 Å². The molecule has 1 unspecified atom stereocenters. The number of benzene rings is 2. The van der Waals surface area contributed by atoms with Crippen LogP contribution in [0.25, 0.3) is 11.6 Å². The number of carbonyl (C=O) groups excluding carboxylic acids is 1. The van der Waals surface area contributed by atoms with E-state index in [1.807, 2.05) is 47.8 Å². The summed E-state index contributed by atoms with van der Waals surface area (Å²) in [6.07, 6.45) is 1.10. The number of hydrogen-bond acceptors (Lipinski definition) is 8. The van der Waals surface area contributed by atoms with Gasteiger partial charge in [0.2, 0.25) is 0 Å². The summed E-state index contributed by atoms with van der Waals surface area (Å²) in [5, 5.41) is 15.4. The van der Waals surface area contributed by atoms with Gasteiger partial charge in [-0.15, -0.1) is 11.3 Å². The molecule has 3 rings (SSSR count). The van der Waals surface area contributed by atoms with Crippen molar-refractivity contribution in [3.63, 3.8) is 0 Å². The van der Waals surface area contributed by atoms with Crippen LogP contribution < -0.4 is 19.5 Å². The van der Waals surface area contributed by atoms with Crippen LogP contribution in [0.1, 0.15) is 16.0 Å². The van der Waals surface area contributed by atoms with Crippen molar-refractivity contribution in [3.05, 3.63) is 76.0 Å². The highest BCUT2D eigenvalue weighted by Gasteiger charge is 2.13. The van der Waals surface area contributed by atoms with Crippen LogP contribution in [0.2, 0.25) is 0 Å². The highest BCUT2D eigenvalue weighted by molar-refractivity contribution is 7.11. The number of ether oxygens (including phenoxy) is 4. The third-order valence-electron chi connectivity index (χ3n) is 5.02. The fourth-order valence-electron chi connectivity index (χ4n) is 3.22. The maximum absolute atomic E-state index is 12.1. The molecule has 0 aliphatic heterocycles. The molecule has 0 bridgehead atoms. The summed E-state index contributed by atoms with van der Waals surface area (Å²) in [4.78, 5) is 13.0. The molecule has 2 N–H and O–H groups in total. The van der Waals surface area contributed by atoms with Crippen molar-refractivity contribution < 1.29 is 28.8 Å². The first-order chi connectivity index (χ1) is 16.5. The Labute approximate surface area is 203 Å². The summed E-state index contributed by atoms with van der Waals surface area (Å²) in [5.41, 5.74) is 2.31. The van der Waals surface area contributed by atoms with Crippen molar-refractivity contribution in [2.24, 2.45) is 0 Å². The maximum Gasteiger partial charge on any atom is 0.339 e. The van der Waals surface area contributed by atoms with Gasteiger partial charge in [0, 0.05) is 29.6 Å². The molecule has 1 atom stereocenters. The Balaban J connectivity index is 1.50. The predicted octanol–water partition coefficient (Wildman–Crippen LogP) is 4.01. The van der Waals surface area contributed by atoms with Crippen LogP contribution in [0.15, 0.2) is 60.0 Å². The topological polar surface area (TPSA) is 86.3 Å². The molecule has 7 nitrogen and oxygen atoms in total. The lowest BCUT2D eigenvalue weighted by Crippen LogP contribution is -2.31. The van der Waals surface area contributed by atoms with E-state index in [0.29, 0.717) is 24.4 Å². The van der Waals surface area contributed by atoms with Crippen molar-refractivity contribution in [3.8, 4) is 17.2 Å². The third kappa shape index (κ3) is 7.08. The molecule has 0 radical (unpaired) electrons. The number of nitrogens with one attached hydrogen (secondary N) is 1. The van der Waals surface area contributed by atoms with Gasteiger partial charge in [0.25, 0.3) is 0 Å². The number of hydrogen-bond donors (Lipinski definition) is 2. The van der Waals surface area contributed by atoms with Gasteiger partial charge in [0.1, 0.15) is 30.0 Å². The first-order valence-electron chi connectivity index (χ1n) is 10.7. The van der Waals surface area contributed by atoms with Crippen LogP contribution in [0.5, 0.6) is 17.2 Å². The number of rotatable bonds is 12. The molecule has 1 heterocycles. The summed E-state index contributed by atoms with van der Waals surface area (Å²) in [6, 6.07) is 16.7. The molecule has 0 fully saturated rings. The normalized spacial score (nSPS) is 12.2. The van der Waals surface area contributed by atoms with Gasteiger partial charge in [-0.25, -0.2) is 4.79 Å². The van der Waals surface area contributed by atoms with E-state index in [-0.39, 0.29) is 12.6 Å². The zero-order valence-electron chi connectivity index (χ0n) is 19.4. The number of methoxy groups -OCH3 is 3. The second-order valence-corrected chi connectivity index (χ2v) is 8.32. The van der Waals surface area contributed by atoms with Crippen molar-refractivity contribution in [2.45, 2.75) is 12.6 Å². The number of thiophene rings is 1. The van der Waals surface area contributed by atoms with Gasteiger partial charge in [-0.3, -0.25) is 0 Å². The Hall–Kier alpha value is -3.33. The van der Waals surface area contributed by atoms with Crippen LogP contribution in [-0.2, 0) is 16.1 Å². The van der Waals surface area contributed by atoms with Gasteiger partial charge in [0.15, 0.2) is 0 Å². The average molecular weight is 484 g/mol. The lowest BCUT2D eigenvalue weighted by atomic mass is 10.1. The molecule has 2 aromatic carbocycles. The smallest absolute Gasteiger partial charge is 0.339 e. The van der Waals surface area contributed by atoms with Crippen LogP contribution in [0.4, 0.5) is 0 Å². The van der Waals surface area contributed by atoms with Gasteiger partial charge in [0.05, 0.1) is 26.9 Å². The molecule has 1 aromatic heterocycles. The molecule has 3 aromatic rings. The molecule has 0 amide bonds. The fourth-order valence-corrected chi connectivity index (χ4v) is 3.95. The maximum atomic E-state index is 12.1. The number of esters is 1. The largest absolute Gasteiger partial charge is 0.497 e. The Morgan fingerprint density at radius 2 is 1.82 bits per heavy atom. The van der Waals surface area contributed by atoms with Crippen molar-refractivity contribution in [2.75, 3.05) is 34.5 Å². The summed E-state index contributed by atoms with van der Waals surface area (Å²) >= 11 is 1.48. The summed E-state index contributed by atoms with van der Waals surface area (Å²) in [7, 11) is 4.59. The minimum Gasteiger partial charge on any atom is -0.497 e. The SMILES string of the molecule is COC(=O)C(=Cc1ccc(OCC(O)CNCc2ccc(OC)cc2OC)cc1)c1cccs1. The molecule has 0 spiro atoms. The van der Waals surface area contributed by atoms with Gasteiger partial charge < -0.3 is 29.4 Å². The number of aliphatic hydroxyl groups excluding tert-OH is 1. The zero-order chi connectivity index (χ0) is 24.3. The molecule has 34 heavy (non-hydrogen) atoms. The molecule has 0 saturated carbocycles. The Bertz CT molecular complexity index is 1080. The van der Waals surface area contributed by atoms with Crippen LogP contribution >= 0.6 is 11.3 Å². The zero-order valence-corrected chi connectivity index (χ0v) is 20.3. The van der Waals surface area contributed by atoms with Gasteiger partial charge >= 0.3 is 5.97 Å². The van der Waals surface area contributed by atoms with E-state index in [2.05, 4.69) is 5.32 Å². The molecule has 0 aliphatic carbocycles. The lowest BCUT2D eigenvalue weighted by Gasteiger charge is -2.15. The molecule has 8 heteroatoms. The second kappa shape index (κ2) is 12.8. The Kier molecular flexibility index (Phi) is 9.51.